The Balaban J connectivity index is 2.36. The average Bonchev–Trinajstić information content (AvgIpc) is 2.38. The number of aryl methyl sites for hydroxylation is 1. The van der Waals surface area contributed by atoms with Crippen LogP contribution in [0.1, 0.15) is 15.9 Å². The van der Waals surface area contributed by atoms with Gasteiger partial charge in [-0.25, -0.2) is 9.78 Å². The molecule has 0 unspecified atom stereocenters. The van der Waals surface area contributed by atoms with Crippen molar-refractivity contribution in [1.82, 2.24) is 4.98 Å². The number of nitro groups is 1. The molecule has 0 aliphatic carbocycles. The minimum atomic E-state index is -1.41. The van der Waals surface area contributed by atoms with Crippen molar-refractivity contribution >= 4 is 11.7 Å². The third-order valence-corrected chi connectivity index (χ3v) is 2.50. The molecule has 102 valence electrons. The first-order chi connectivity index (χ1) is 9.47. The van der Waals surface area contributed by atoms with Gasteiger partial charge in [-0.15, -0.1) is 0 Å². The van der Waals surface area contributed by atoms with Gasteiger partial charge >= 0.3 is 11.7 Å². The van der Waals surface area contributed by atoms with Gasteiger partial charge in [0, 0.05) is 6.07 Å². The molecule has 7 heteroatoms. The van der Waals surface area contributed by atoms with Crippen molar-refractivity contribution in [3.8, 4) is 11.6 Å². The molecule has 0 bridgehead atoms. The summed E-state index contributed by atoms with van der Waals surface area (Å²) in [6, 6.07) is 8.09. The third-order valence-electron chi connectivity index (χ3n) is 2.50. The summed E-state index contributed by atoms with van der Waals surface area (Å²) in [4.78, 5) is 24.6. The van der Waals surface area contributed by atoms with Crippen molar-refractivity contribution in [2.75, 3.05) is 0 Å². The molecule has 0 amide bonds. The highest BCUT2D eigenvalue weighted by Gasteiger charge is 2.21. The number of rotatable bonds is 4. The number of benzene rings is 1. The van der Waals surface area contributed by atoms with E-state index in [1.165, 1.54) is 0 Å². The molecule has 0 radical (unpaired) electrons. The lowest BCUT2D eigenvalue weighted by atomic mass is 10.2. The summed E-state index contributed by atoms with van der Waals surface area (Å²) in [5.41, 5.74) is -0.0791. The second-order valence-corrected chi connectivity index (χ2v) is 4.02. The highest BCUT2D eigenvalue weighted by molar-refractivity contribution is 5.92. The summed E-state index contributed by atoms with van der Waals surface area (Å²) in [5, 5.41) is 19.7. The summed E-state index contributed by atoms with van der Waals surface area (Å²) in [5.74, 6) is -0.950. The number of carbonyl (C=O) groups is 1. The molecule has 0 aliphatic rings. The Kier molecular flexibility index (Phi) is 3.60. The second-order valence-electron chi connectivity index (χ2n) is 4.02. The van der Waals surface area contributed by atoms with E-state index in [0.717, 1.165) is 17.8 Å². The fraction of sp³-hybridized carbons (Fsp3) is 0.0769. The summed E-state index contributed by atoms with van der Waals surface area (Å²) in [6.45, 7) is 1.87. The molecule has 0 saturated heterocycles. The Morgan fingerprint density at radius 1 is 1.40 bits per heavy atom. The lowest BCUT2D eigenvalue weighted by Gasteiger charge is -2.06. The fourth-order valence-corrected chi connectivity index (χ4v) is 1.60. The minimum Gasteiger partial charge on any atom is -0.477 e. The number of hydrogen-bond donors (Lipinski definition) is 1. The number of carboxylic acid groups (broad SMARTS) is 1. The van der Waals surface area contributed by atoms with E-state index in [9.17, 15) is 14.9 Å². The van der Waals surface area contributed by atoms with Crippen LogP contribution in [0.4, 0.5) is 5.69 Å². The van der Waals surface area contributed by atoms with Crippen molar-refractivity contribution in [3.05, 3.63) is 57.8 Å². The molecule has 0 atom stereocenters. The Bertz CT molecular complexity index is 684. The summed E-state index contributed by atoms with van der Waals surface area (Å²) >= 11 is 0. The molecule has 2 rings (SSSR count). The highest BCUT2D eigenvalue weighted by atomic mass is 16.6. The molecule has 0 fully saturated rings. The quantitative estimate of drug-likeness (QED) is 0.679. The number of nitrogens with zero attached hydrogens (tertiary/aromatic N) is 2. The molecule has 1 heterocycles. The van der Waals surface area contributed by atoms with Crippen LogP contribution in [0.5, 0.6) is 11.6 Å². The largest absolute Gasteiger partial charge is 0.477 e. The van der Waals surface area contributed by atoms with Gasteiger partial charge in [0.2, 0.25) is 5.88 Å². The van der Waals surface area contributed by atoms with Crippen LogP contribution in [0, 0.1) is 17.0 Å². The maximum absolute atomic E-state index is 11.0. The van der Waals surface area contributed by atoms with Gasteiger partial charge in [0.15, 0.2) is 0 Å². The lowest BCUT2D eigenvalue weighted by molar-refractivity contribution is -0.385. The average molecular weight is 274 g/mol. The minimum absolute atomic E-state index is 0.0152. The third kappa shape index (κ3) is 2.89. The van der Waals surface area contributed by atoms with Crippen LogP contribution in [0.25, 0.3) is 0 Å². The summed E-state index contributed by atoms with van der Waals surface area (Å²) < 4.78 is 5.39. The zero-order chi connectivity index (χ0) is 14.7. The smallest absolute Gasteiger partial charge is 0.342 e. The van der Waals surface area contributed by atoms with Gasteiger partial charge in [0.1, 0.15) is 17.5 Å². The topological polar surface area (TPSA) is 103 Å². The van der Waals surface area contributed by atoms with Crippen LogP contribution < -0.4 is 4.74 Å². The van der Waals surface area contributed by atoms with Gasteiger partial charge in [-0.05, 0) is 24.6 Å². The van der Waals surface area contributed by atoms with Crippen LogP contribution in [-0.2, 0) is 0 Å². The molecule has 7 nitrogen and oxygen atoms in total. The molecule has 1 aromatic heterocycles. The van der Waals surface area contributed by atoms with Crippen molar-refractivity contribution < 1.29 is 19.6 Å². The number of aromatic nitrogens is 1. The van der Waals surface area contributed by atoms with Gasteiger partial charge in [0.05, 0.1) is 4.92 Å². The zero-order valence-corrected chi connectivity index (χ0v) is 10.4. The van der Waals surface area contributed by atoms with Gasteiger partial charge in [0.25, 0.3) is 0 Å². The van der Waals surface area contributed by atoms with Gasteiger partial charge in [-0.1, -0.05) is 12.1 Å². The van der Waals surface area contributed by atoms with Crippen molar-refractivity contribution in [2.24, 2.45) is 0 Å². The molecule has 1 aromatic carbocycles. The molecular weight excluding hydrogens is 264 g/mol. The van der Waals surface area contributed by atoms with Gasteiger partial charge < -0.3 is 9.84 Å². The number of carboxylic acids is 1. The summed E-state index contributed by atoms with van der Waals surface area (Å²) in [7, 11) is 0. The van der Waals surface area contributed by atoms with Crippen molar-refractivity contribution in [2.45, 2.75) is 6.92 Å². The monoisotopic (exact) mass is 274 g/mol. The number of pyridine rings is 1. The number of aromatic carboxylic acids is 1. The Labute approximate surface area is 113 Å². The molecule has 0 saturated carbocycles. The molecule has 1 N–H and O–H groups in total. The Hall–Kier alpha value is -2.96. The molecule has 2 aromatic rings. The maximum Gasteiger partial charge on any atom is 0.342 e. The number of hydrogen-bond acceptors (Lipinski definition) is 5. The fourth-order valence-electron chi connectivity index (χ4n) is 1.60. The van der Waals surface area contributed by atoms with Crippen LogP contribution in [-0.4, -0.2) is 21.0 Å². The predicted molar refractivity (Wildman–Crippen MR) is 69.1 cm³/mol. The maximum atomic E-state index is 11.0. The lowest BCUT2D eigenvalue weighted by Crippen LogP contribution is -2.04. The highest BCUT2D eigenvalue weighted by Crippen LogP contribution is 2.25. The normalized spacial score (nSPS) is 10.1. The predicted octanol–water partition coefficient (Wildman–Crippen LogP) is 2.79. The van der Waals surface area contributed by atoms with Crippen LogP contribution >= 0.6 is 0 Å². The van der Waals surface area contributed by atoms with Crippen LogP contribution in [0.3, 0.4) is 0 Å². The van der Waals surface area contributed by atoms with E-state index in [-0.39, 0.29) is 5.88 Å². The van der Waals surface area contributed by atoms with E-state index < -0.39 is 22.1 Å². The van der Waals surface area contributed by atoms with E-state index >= 15 is 0 Å². The second kappa shape index (κ2) is 5.35. The van der Waals surface area contributed by atoms with E-state index in [1.54, 1.807) is 18.2 Å². The molecule has 0 spiro atoms. The first-order valence-electron chi connectivity index (χ1n) is 5.59. The molecule has 0 aliphatic heterocycles. The Morgan fingerprint density at radius 2 is 2.15 bits per heavy atom. The zero-order valence-electron chi connectivity index (χ0n) is 10.4. The van der Waals surface area contributed by atoms with Crippen LogP contribution in [0.15, 0.2) is 36.5 Å². The summed E-state index contributed by atoms with van der Waals surface area (Å²) in [6.07, 6.45) is 0.870. The molecule has 20 heavy (non-hydrogen) atoms. The standard InChI is InChI=1S/C13H10N2O5/c1-8-3-2-4-9(5-8)20-12-6-10(13(16)17)11(7-14-12)15(18)19/h2-7H,1H3,(H,16,17). The van der Waals surface area contributed by atoms with E-state index in [0.29, 0.717) is 5.75 Å². The van der Waals surface area contributed by atoms with E-state index in [1.807, 2.05) is 13.0 Å². The van der Waals surface area contributed by atoms with E-state index in [4.69, 9.17) is 9.84 Å². The first-order valence-corrected chi connectivity index (χ1v) is 5.59. The number of ether oxygens (including phenoxy) is 1. The van der Waals surface area contributed by atoms with E-state index in [2.05, 4.69) is 4.98 Å². The van der Waals surface area contributed by atoms with Gasteiger partial charge in [-0.2, -0.15) is 0 Å². The van der Waals surface area contributed by atoms with Gasteiger partial charge in [-0.3, -0.25) is 10.1 Å². The first kappa shape index (κ1) is 13.5. The SMILES string of the molecule is Cc1cccc(Oc2cc(C(=O)O)c([N+](=O)[O-])cn2)c1. The van der Waals surface area contributed by atoms with Crippen LogP contribution in [0.2, 0.25) is 0 Å². The Morgan fingerprint density at radius 3 is 2.75 bits per heavy atom. The van der Waals surface area contributed by atoms with Crippen molar-refractivity contribution in [3.63, 3.8) is 0 Å². The van der Waals surface area contributed by atoms with Crippen molar-refractivity contribution in [1.29, 1.82) is 0 Å². The molecular formula is C13H10N2O5.